The molecule has 2 aliphatic heterocycles. The average Bonchev–Trinajstić information content (AvgIpc) is 3.21. The van der Waals surface area contributed by atoms with Crippen LogP contribution in [0.4, 0.5) is 4.79 Å². The Kier molecular flexibility index (Phi) is 4.42. The van der Waals surface area contributed by atoms with Crippen molar-refractivity contribution in [1.82, 2.24) is 15.1 Å². The fourth-order valence-electron chi connectivity index (χ4n) is 4.42. The van der Waals surface area contributed by atoms with Gasteiger partial charge in [0.25, 0.3) is 5.91 Å². The third kappa shape index (κ3) is 3.10. The van der Waals surface area contributed by atoms with Gasteiger partial charge in [-0.25, -0.2) is 4.79 Å². The summed E-state index contributed by atoms with van der Waals surface area (Å²) in [5.74, 6) is -0.596. The zero-order valence-corrected chi connectivity index (χ0v) is 15.6. The van der Waals surface area contributed by atoms with Crippen molar-refractivity contribution in [2.45, 2.75) is 43.7 Å². The van der Waals surface area contributed by atoms with Crippen LogP contribution in [0.2, 0.25) is 0 Å². The minimum absolute atomic E-state index is 0.203. The molecule has 1 saturated carbocycles. The lowest BCUT2D eigenvalue weighted by molar-refractivity contribution is -0.152. The highest BCUT2D eigenvalue weighted by Crippen LogP contribution is 2.36. The predicted molar refractivity (Wildman–Crippen MR) is 97.8 cm³/mol. The summed E-state index contributed by atoms with van der Waals surface area (Å²) in [5, 5.41) is 2.75. The summed E-state index contributed by atoms with van der Waals surface area (Å²) < 4.78 is 5.96. The number of ether oxygens (including phenoxy) is 1. The van der Waals surface area contributed by atoms with E-state index in [0.717, 1.165) is 30.6 Å². The Bertz CT molecular complexity index is 760. The molecule has 1 aromatic rings. The number of hydrogen-bond donors (Lipinski definition) is 1. The molecule has 4 amide bonds. The second-order valence-corrected chi connectivity index (χ2v) is 7.87. The maximum atomic E-state index is 13.0. The number of benzene rings is 1. The van der Waals surface area contributed by atoms with Crippen molar-refractivity contribution in [3.63, 3.8) is 0 Å². The largest absolute Gasteiger partial charge is 0.371 e. The average molecular weight is 371 g/mol. The van der Waals surface area contributed by atoms with Crippen LogP contribution in [0.3, 0.4) is 0 Å². The van der Waals surface area contributed by atoms with Crippen LogP contribution in [0, 0.1) is 0 Å². The Morgan fingerprint density at radius 3 is 2.59 bits per heavy atom. The van der Waals surface area contributed by atoms with E-state index in [1.54, 1.807) is 24.0 Å². The zero-order valence-electron chi connectivity index (χ0n) is 15.6. The molecule has 1 aromatic carbocycles. The number of urea groups is 1. The van der Waals surface area contributed by atoms with E-state index in [-0.39, 0.29) is 18.1 Å². The normalized spacial score (nSPS) is 27.3. The summed E-state index contributed by atoms with van der Waals surface area (Å²) in [6.45, 7) is 3.00. The number of nitrogens with one attached hydrogen (secondary N) is 1. The lowest BCUT2D eigenvalue weighted by atomic mass is 9.92. The number of rotatable bonds is 3. The monoisotopic (exact) mass is 371 g/mol. The van der Waals surface area contributed by atoms with Crippen molar-refractivity contribution in [3.05, 3.63) is 35.9 Å². The third-order valence-corrected chi connectivity index (χ3v) is 6.04. The highest BCUT2D eigenvalue weighted by atomic mass is 16.5. The summed E-state index contributed by atoms with van der Waals surface area (Å²) >= 11 is 0. The second-order valence-electron chi connectivity index (χ2n) is 7.87. The Balaban J connectivity index is 1.47. The SMILES string of the molecule is CC1(c2ccccc2)NC(=O)N(CC(=O)N2CCOC3(CCCC3)C2)C1=O. The van der Waals surface area contributed by atoms with Gasteiger partial charge in [0.2, 0.25) is 5.91 Å². The van der Waals surface area contributed by atoms with Gasteiger partial charge in [0.1, 0.15) is 12.1 Å². The minimum atomic E-state index is -1.14. The number of hydrogen-bond acceptors (Lipinski definition) is 4. The van der Waals surface area contributed by atoms with E-state index in [1.165, 1.54) is 0 Å². The molecule has 1 N–H and O–H groups in total. The van der Waals surface area contributed by atoms with Crippen molar-refractivity contribution in [2.75, 3.05) is 26.2 Å². The minimum Gasteiger partial charge on any atom is -0.371 e. The molecule has 1 spiro atoms. The van der Waals surface area contributed by atoms with Gasteiger partial charge in [-0.15, -0.1) is 0 Å². The van der Waals surface area contributed by atoms with Crippen LogP contribution in [0.25, 0.3) is 0 Å². The summed E-state index contributed by atoms with van der Waals surface area (Å²) in [5.41, 5.74) is -0.672. The molecule has 4 rings (SSSR count). The molecule has 1 unspecified atom stereocenters. The fraction of sp³-hybridized carbons (Fsp3) is 0.550. The van der Waals surface area contributed by atoms with Crippen molar-refractivity contribution >= 4 is 17.8 Å². The van der Waals surface area contributed by atoms with Gasteiger partial charge >= 0.3 is 6.03 Å². The zero-order chi connectivity index (χ0) is 19.1. The molecule has 0 aromatic heterocycles. The summed E-state index contributed by atoms with van der Waals surface area (Å²) in [6.07, 6.45) is 4.16. The standard InChI is InChI=1S/C20H25N3O4/c1-19(15-7-3-2-4-8-15)17(25)23(18(26)21-19)13-16(24)22-11-12-27-20(14-22)9-5-6-10-20/h2-4,7-8H,5-6,9-14H2,1H3,(H,21,26). The van der Waals surface area contributed by atoms with Crippen LogP contribution in [-0.4, -0.2) is 59.5 Å². The quantitative estimate of drug-likeness (QED) is 0.819. The number of morpholine rings is 1. The third-order valence-electron chi connectivity index (χ3n) is 6.04. The lowest BCUT2D eigenvalue weighted by Gasteiger charge is -2.40. The molecule has 1 atom stereocenters. The van der Waals surface area contributed by atoms with Gasteiger partial charge in [0, 0.05) is 13.1 Å². The van der Waals surface area contributed by atoms with Gasteiger partial charge in [0.05, 0.1) is 12.2 Å². The second kappa shape index (κ2) is 6.64. The Morgan fingerprint density at radius 1 is 1.19 bits per heavy atom. The van der Waals surface area contributed by atoms with E-state index in [4.69, 9.17) is 4.74 Å². The number of nitrogens with zero attached hydrogens (tertiary/aromatic N) is 2. The van der Waals surface area contributed by atoms with Gasteiger partial charge in [-0.3, -0.25) is 14.5 Å². The molecule has 3 aliphatic rings. The van der Waals surface area contributed by atoms with E-state index in [2.05, 4.69) is 5.32 Å². The maximum Gasteiger partial charge on any atom is 0.325 e. The predicted octanol–water partition coefficient (Wildman–Crippen LogP) is 1.63. The van der Waals surface area contributed by atoms with Gasteiger partial charge in [0.15, 0.2) is 0 Å². The van der Waals surface area contributed by atoms with Crippen molar-refractivity contribution in [1.29, 1.82) is 0 Å². The topological polar surface area (TPSA) is 79.0 Å². The highest BCUT2D eigenvalue weighted by molar-refractivity contribution is 6.09. The molecule has 0 bridgehead atoms. The van der Waals surface area contributed by atoms with E-state index in [9.17, 15) is 14.4 Å². The Morgan fingerprint density at radius 2 is 1.89 bits per heavy atom. The van der Waals surface area contributed by atoms with Gasteiger partial charge in [-0.1, -0.05) is 43.2 Å². The number of amides is 4. The molecule has 2 saturated heterocycles. The number of carbonyl (C=O) groups excluding carboxylic acids is 3. The van der Waals surface area contributed by atoms with Crippen LogP contribution in [0.1, 0.15) is 38.2 Å². The lowest BCUT2D eigenvalue weighted by Crippen LogP contribution is -2.54. The molecule has 2 heterocycles. The molecule has 1 aliphatic carbocycles. The molecular formula is C20H25N3O4. The Labute approximate surface area is 158 Å². The van der Waals surface area contributed by atoms with Crippen molar-refractivity contribution in [2.24, 2.45) is 0 Å². The first kappa shape index (κ1) is 18.0. The van der Waals surface area contributed by atoms with Crippen LogP contribution < -0.4 is 5.32 Å². The first-order chi connectivity index (χ1) is 12.9. The first-order valence-electron chi connectivity index (χ1n) is 9.55. The summed E-state index contributed by atoms with van der Waals surface area (Å²) in [4.78, 5) is 41.0. The molecular weight excluding hydrogens is 346 g/mol. The number of carbonyl (C=O) groups is 3. The molecule has 7 nitrogen and oxygen atoms in total. The molecule has 7 heteroatoms. The smallest absolute Gasteiger partial charge is 0.325 e. The van der Waals surface area contributed by atoms with E-state index in [1.807, 2.05) is 18.2 Å². The van der Waals surface area contributed by atoms with Crippen molar-refractivity contribution < 1.29 is 19.1 Å². The summed E-state index contributed by atoms with van der Waals surface area (Å²) in [6, 6.07) is 8.58. The van der Waals surface area contributed by atoms with Crippen LogP contribution in [-0.2, 0) is 19.9 Å². The summed E-state index contributed by atoms with van der Waals surface area (Å²) in [7, 11) is 0. The van der Waals surface area contributed by atoms with E-state index < -0.39 is 17.5 Å². The molecule has 3 fully saturated rings. The number of imide groups is 1. The van der Waals surface area contributed by atoms with Gasteiger partial charge < -0.3 is 15.0 Å². The van der Waals surface area contributed by atoms with Gasteiger partial charge in [-0.2, -0.15) is 0 Å². The van der Waals surface area contributed by atoms with Crippen LogP contribution >= 0.6 is 0 Å². The highest BCUT2D eigenvalue weighted by Gasteiger charge is 2.50. The van der Waals surface area contributed by atoms with Crippen LogP contribution in [0.5, 0.6) is 0 Å². The van der Waals surface area contributed by atoms with Crippen LogP contribution in [0.15, 0.2) is 30.3 Å². The van der Waals surface area contributed by atoms with E-state index >= 15 is 0 Å². The molecule has 144 valence electrons. The maximum absolute atomic E-state index is 13.0. The van der Waals surface area contributed by atoms with Gasteiger partial charge in [-0.05, 0) is 25.3 Å². The molecule has 27 heavy (non-hydrogen) atoms. The Hall–Kier alpha value is -2.41. The fourth-order valence-corrected chi connectivity index (χ4v) is 4.42. The van der Waals surface area contributed by atoms with Crippen molar-refractivity contribution in [3.8, 4) is 0 Å². The first-order valence-corrected chi connectivity index (χ1v) is 9.55. The molecule has 0 radical (unpaired) electrons. The van der Waals surface area contributed by atoms with E-state index in [0.29, 0.717) is 25.3 Å².